The van der Waals surface area contributed by atoms with Crippen LogP contribution in [0.2, 0.25) is 10.0 Å². The van der Waals surface area contributed by atoms with Crippen LogP contribution in [0, 0.1) is 17.7 Å². The molecule has 1 saturated carbocycles. The zero-order chi connectivity index (χ0) is 34.3. The average Bonchev–Trinajstić information content (AvgIpc) is 3.60. The minimum atomic E-state index is -0.802. The second-order valence-electron chi connectivity index (χ2n) is 12.6. The number of halogens is 3. The van der Waals surface area contributed by atoms with Gasteiger partial charge in [0.05, 0.1) is 42.1 Å². The number of hydrogen-bond acceptors (Lipinski definition) is 8. The van der Waals surface area contributed by atoms with Crippen LogP contribution < -0.4 is 14.4 Å². The number of piperidine rings is 3. The Balaban J connectivity index is 1.11. The largest absolute Gasteiger partial charge is 0.493 e. The third-order valence-electron chi connectivity index (χ3n) is 9.86. The summed E-state index contributed by atoms with van der Waals surface area (Å²) in [4.78, 5) is 34.9. The molecular formula is C37H34Cl2FN3O6. The normalized spacial score (nSPS) is 22.2. The quantitative estimate of drug-likeness (QED) is 0.148. The number of pyridine rings is 1. The molecule has 4 fully saturated rings. The number of ether oxygens (including phenoxy) is 4. The molecule has 12 heteroatoms. The van der Waals surface area contributed by atoms with Gasteiger partial charge in [-0.3, -0.25) is 14.8 Å². The van der Waals surface area contributed by atoms with Crippen molar-refractivity contribution in [1.82, 2.24) is 9.88 Å². The highest BCUT2D eigenvalue weighted by atomic mass is 35.5. The van der Waals surface area contributed by atoms with Crippen molar-refractivity contribution in [2.24, 2.45) is 11.8 Å². The molecule has 9 nitrogen and oxygen atoms in total. The van der Waals surface area contributed by atoms with E-state index in [1.165, 1.54) is 37.6 Å². The Kier molecular flexibility index (Phi) is 9.13. The number of rotatable bonds is 11. The lowest BCUT2D eigenvalue weighted by Crippen LogP contribution is -2.42. The molecule has 3 aliphatic heterocycles. The van der Waals surface area contributed by atoms with Crippen molar-refractivity contribution in [3.8, 4) is 11.5 Å². The molecule has 3 saturated heterocycles. The van der Waals surface area contributed by atoms with E-state index in [9.17, 15) is 9.59 Å². The summed E-state index contributed by atoms with van der Waals surface area (Å²) in [5.74, 6) is 0.559. The Bertz CT molecular complexity index is 1870. The van der Waals surface area contributed by atoms with Crippen molar-refractivity contribution in [2.45, 2.75) is 31.1 Å². The Morgan fingerprint density at radius 1 is 1.00 bits per heavy atom. The van der Waals surface area contributed by atoms with Gasteiger partial charge in [-0.2, -0.15) is 0 Å². The van der Waals surface area contributed by atoms with Gasteiger partial charge in [-0.1, -0.05) is 53.5 Å². The number of nitrogens with zero attached hydrogens (tertiary/aromatic N) is 3. The highest BCUT2D eigenvalue weighted by molar-refractivity contribution is 6.35. The Morgan fingerprint density at radius 3 is 2.37 bits per heavy atom. The number of methoxy groups -OCH3 is 2. The van der Waals surface area contributed by atoms with E-state index in [1.54, 1.807) is 60.7 Å². The maximum atomic E-state index is 15.0. The first-order valence-electron chi connectivity index (χ1n) is 16.0. The second-order valence-corrected chi connectivity index (χ2v) is 13.4. The average molecular weight is 707 g/mol. The molecule has 4 aliphatic rings. The molecule has 4 aromatic rings. The van der Waals surface area contributed by atoms with E-state index in [1.807, 2.05) is 0 Å². The van der Waals surface area contributed by atoms with Gasteiger partial charge in [-0.25, -0.2) is 14.0 Å². The summed E-state index contributed by atoms with van der Waals surface area (Å²) in [6.07, 6.45) is 2.74. The summed E-state index contributed by atoms with van der Waals surface area (Å²) in [6, 6.07) is 18.0. The van der Waals surface area contributed by atoms with E-state index in [2.05, 4.69) is 9.88 Å². The summed E-state index contributed by atoms with van der Waals surface area (Å²) in [5.41, 5.74) is 1.79. The Labute approximate surface area is 293 Å². The minimum Gasteiger partial charge on any atom is -0.493 e. The summed E-state index contributed by atoms with van der Waals surface area (Å²) >= 11 is 12.9. The van der Waals surface area contributed by atoms with Crippen LogP contribution in [0.4, 0.5) is 14.9 Å². The number of carbonyl (C=O) groups excluding carboxylic acids is 2. The van der Waals surface area contributed by atoms with Gasteiger partial charge >= 0.3 is 12.1 Å². The van der Waals surface area contributed by atoms with Gasteiger partial charge in [0.15, 0.2) is 11.5 Å². The molecule has 4 bridgehead atoms. The standard InChI is InChI=1S/C37H34Cl2FN3O6/c1-46-32-12-11-24(15-34(32)47-2)33(16-25-28(38)17-41-18-29(25)39)48-35(44)23-9-7-22(8-10-23)19-43(31-6-4-3-5-30(31)40)36(45)49-37-21-42-14-13-26(37)27(37)20-42/h3-12,15,17-18,26-27,33H,13-14,16,19-21H2,1-2H3/t26?,27?,33?,37-/m1/s1. The molecule has 1 amide bonds. The fourth-order valence-corrected chi connectivity index (χ4v) is 7.79. The van der Waals surface area contributed by atoms with Gasteiger partial charge in [-0.15, -0.1) is 0 Å². The van der Waals surface area contributed by atoms with Crippen LogP contribution in [0.3, 0.4) is 0 Å². The number of benzene rings is 3. The topological polar surface area (TPSA) is 90.4 Å². The first-order chi connectivity index (χ1) is 23.7. The van der Waals surface area contributed by atoms with Gasteiger partial charge in [0.1, 0.15) is 17.5 Å². The predicted molar refractivity (Wildman–Crippen MR) is 182 cm³/mol. The molecule has 1 aromatic heterocycles. The van der Waals surface area contributed by atoms with Crippen molar-refractivity contribution in [1.29, 1.82) is 0 Å². The van der Waals surface area contributed by atoms with E-state index in [4.69, 9.17) is 42.1 Å². The van der Waals surface area contributed by atoms with Crippen molar-refractivity contribution >= 4 is 41.0 Å². The van der Waals surface area contributed by atoms with E-state index in [0.29, 0.717) is 50.1 Å². The van der Waals surface area contributed by atoms with Gasteiger partial charge in [0.2, 0.25) is 0 Å². The third-order valence-corrected chi connectivity index (χ3v) is 10.5. The lowest BCUT2D eigenvalue weighted by atomic mass is 10.0. The molecule has 3 aromatic carbocycles. The van der Waals surface area contributed by atoms with Crippen LogP contribution in [0.5, 0.6) is 11.5 Å². The number of para-hydroxylation sites is 1. The molecule has 5 atom stereocenters. The number of anilines is 1. The maximum Gasteiger partial charge on any atom is 0.415 e. The maximum absolute atomic E-state index is 15.0. The van der Waals surface area contributed by atoms with Gasteiger partial charge in [0.25, 0.3) is 0 Å². The fourth-order valence-electron chi connectivity index (χ4n) is 7.27. The minimum absolute atomic E-state index is 0.0392. The van der Waals surface area contributed by atoms with Crippen molar-refractivity contribution in [3.63, 3.8) is 0 Å². The summed E-state index contributed by atoms with van der Waals surface area (Å²) in [7, 11) is 3.06. The van der Waals surface area contributed by atoms with E-state index < -0.39 is 29.6 Å². The van der Waals surface area contributed by atoms with Gasteiger partial charge < -0.3 is 18.9 Å². The monoisotopic (exact) mass is 705 g/mol. The summed E-state index contributed by atoms with van der Waals surface area (Å²) < 4.78 is 38.1. The van der Waals surface area contributed by atoms with Crippen LogP contribution in [0.1, 0.15) is 39.6 Å². The number of amides is 1. The van der Waals surface area contributed by atoms with Gasteiger partial charge in [0, 0.05) is 43.7 Å². The second kappa shape index (κ2) is 13.5. The molecular weight excluding hydrogens is 672 g/mol. The van der Waals surface area contributed by atoms with E-state index >= 15 is 4.39 Å². The molecule has 1 aliphatic carbocycles. The smallest absolute Gasteiger partial charge is 0.415 e. The number of hydrogen-bond donors (Lipinski definition) is 0. The highest BCUT2D eigenvalue weighted by Gasteiger charge is 2.74. The first kappa shape index (κ1) is 33.1. The lowest BCUT2D eigenvalue weighted by Gasteiger charge is -2.31. The van der Waals surface area contributed by atoms with E-state index in [-0.39, 0.29) is 24.2 Å². The number of esters is 1. The van der Waals surface area contributed by atoms with Gasteiger partial charge in [-0.05, 0) is 66.1 Å². The van der Waals surface area contributed by atoms with E-state index in [0.717, 1.165) is 26.1 Å². The third kappa shape index (κ3) is 6.40. The number of fused-ring (bicyclic) bond motifs is 1. The molecule has 4 unspecified atom stereocenters. The molecule has 4 heterocycles. The summed E-state index contributed by atoms with van der Waals surface area (Å²) in [6.45, 7) is 2.72. The Morgan fingerprint density at radius 2 is 1.73 bits per heavy atom. The highest BCUT2D eigenvalue weighted by Crippen LogP contribution is 2.63. The zero-order valence-corrected chi connectivity index (χ0v) is 28.4. The molecule has 8 rings (SSSR count). The lowest BCUT2D eigenvalue weighted by molar-refractivity contribution is 0.0296. The van der Waals surface area contributed by atoms with Crippen LogP contribution >= 0.6 is 23.2 Å². The van der Waals surface area contributed by atoms with Crippen LogP contribution in [0.25, 0.3) is 0 Å². The van der Waals surface area contributed by atoms with Crippen LogP contribution in [-0.4, -0.2) is 61.4 Å². The van der Waals surface area contributed by atoms with Crippen LogP contribution in [0.15, 0.2) is 79.1 Å². The SMILES string of the molecule is COc1ccc(C(Cc2c(Cl)cncc2Cl)OC(=O)c2ccc(CN(C(=O)O[C@]34CN5CCC3C4C5)c3ccccc3F)cc2)cc1OC. The molecule has 254 valence electrons. The van der Waals surface area contributed by atoms with Crippen LogP contribution in [-0.2, 0) is 22.4 Å². The zero-order valence-electron chi connectivity index (χ0n) is 26.9. The molecule has 49 heavy (non-hydrogen) atoms. The number of carbonyl (C=O) groups is 2. The van der Waals surface area contributed by atoms with Crippen molar-refractivity contribution in [3.05, 3.63) is 117 Å². The number of aromatic nitrogens is 1. The fraction of sp³-hybridized carbons (Fsp3) is 0.324. The molecule has 0 spiro atoms. The summed E-state index contributed by atoms with van der Waals surface area (Å²) in [5, 5.41) is 0.678. The molecule has 0 N–H and O–H groups in total. The Hall–Kier alpha value is -4.38. The van der Waals surface area contributed by atoms with Crippen molar-refractivity contribution < 1.29 is 32.9 Å². The first-order valence-corrected chi connectivity index (χ1v) is 16.7. The molecule has 0 radical (unpaired) electrons. The predicted octanol–water partition coefficient (Wildman–Crippen LogP) is 7.53. The van der Waals surface area contributed by atoms with Crippen molar-refractivity contribution in [2.75, 3.05) is 38.8 Å².